The van der Waals surface area contributed by atoms with Crippen molar-refractivity contribution in [2.24, 2.45) is 5.73 Å². The summed E-state index contributed by atoms with van der Waals surface area (Å²) in [7, 11) is 0. The van der Waals surface area contributed by atoms with Gasteiger partial charge in [-0.2, -0.15) is 0 Å². The molecule has 4 nitrogen and oxygen atoms in total. The summed E-state index contributed by atoms with van der Waals surface area (Å²) in [5.41, 5.74) is 11.1. The minimum absolute atomic E-state index is 0.619. The average Bonchev–Trinajstić information content (AvgIpc) is 2.82. The number of benzene rings is 1. The first-order valence-electron chi connectivity index (χ1n) is 6.80. The third kappa shape index (κ3) is 2.18. The Hall–Kier alpha value is -2.20. The van der Waals surface area contributed by atoms with Crippen LogP contribution in [0.2, 0.25) is 0 Å². The van der Waals surface area contributed by atoms with Crippen molar-refractivity contribution in [2.75, 3.05) is 6.54 Å². The highest BCUT2D eigenvalue weighted by Crippen LogP contribution is 2.29. The lowest BCUT2D eigenvalue weighted by Gasteiger charge is -2.07. The standard InChI is InChI=1S/C16H18N4/c1-10-3-5-12(6-4-10)15-14-13(7-8-17)9-18-16(14)20-11(2)19-15/h3-6,9H,7-8,17H2,1-2H3,(H,18,19,20). The molecule has 0 saturated carbocycles. The quantitative estimate of drug-likeness (QED) is 0.766. The molecule has 1 aromatic carbocycles. The van der Waals surface area contributed by atoms with E-state index in [9.17, 15) is 0 Å². The van der Waals surface area contributed by atoms with E-state index in [1.807, 2.05) is 13.1 Å². The van der Waals surface area contributed by atoms with Crippen LogP contribution >= 0.6 is 0 Å². The molecule has 0 bridgehead atoms. The molecule has 3 aromatic rings. The molecule has 3 N–H and O–H groups in total. The van der Waals surface area contributed by atoms with Crippen LogP contribution in [0.25, 0.3) is 22.3 Å². The van der Waals surface area contributed by atoms with E-state index in [1.54, 1.807) is 0 Å². The van der Waals surface area contributed by atoms with Crippen molar-refractivity contribution in [3.8, 4) is 11.3 Å². The number of nitrogens with zero attached hydrogens (tertiary/aromatic N) is 2. The van der Waals surface area contributed by atoms with Crippen LogP contribution in [0.3, 0.4) is 0 Å². The van der Waals surface area contributed by atoms with Crippen molar-refractivity contribution in [3.63, 3.8) is 0 Å². The van der Waals surface area contributed by atoms with Gasteiger partial charge in [0.25, 0.3) is 0 Å². The predicted molar refractivity (Wildman–Crippen MR) is 81.6 cm³/mol. The highest BCUT2D eigenvalue weighted by atomic mass is 14.9. The second-order valence-corrected chi connectivity index (χ2v) is 5.06. The molecule has 0 aliphatic rings. The zero-order chi connectivity index (χ0) is 14.1. The number of rotatable bonds is 3. The third-order valence-corrected chi connectivity index (χ3v) is 3.46. The molecular weight excluding hydrogens is 248 g/mol. The lowest BCUT2D eigenvalue weighted by Crippen LogP contribution is -2.03. The Morgan fingerprint density at radius 1 is 1.10 bits per heavy atom. The lowest BCUT2D eigenvalue weighted by atomic mass is 10.0. The van der Waals surface area contributed by atoms with Crippen molar-refractivity contribution >= 4 is 11.0 Å². The number of aryl methyl sites for hydroxylation is 2. The molecule has 0 saturated heterocycles. The summed E-state index contributed by atoms with van der Waals surface area (Å²) in [6.07, 6.45) is 2.81. The smallest absolute Gasteiger partial charge is 0.141 e. The summed E-state index contributed by atoms with van der Waals surface area (Å²) in [5.74, 6) is 0.772. The molecule has 0 atom stereocenters. The summed E-state index contributed by atoms with van der Waals surface area (Å²) in [6, 6.07) is 8.42. The molecule has 0 fully saturated rings. The van der Waals surface area contributed by atoms with Crippen LogP contribution < -0.4 is 5.73 Å². The summed E-state index contributed by atoms with van der Waals surface area (Å²) >= 11 is 0. The topological polar surface area (TPSA) is 67.6 Å². The van der Waals surface area contributed by atoms with Gasteiger partial charge in [-0.25, -0.2) is 9.97 Å². The van der Waals surface area contributed by atoms with Gasteiger partial charge in [0.1, 0.15) is 11.5 Å². The molecule has 0 radical (unpaired) electrons. The first-order chi connectivity index (χ1) is 9.69. The van der Waals surface area contributed by atoms with Crippen molar-refractivity contribution in [1.82, 2.24) is 15.0 Å². The molecule has 2 aromatic heterocycles. The first kappa shape index (κ1) is 12.8. The first-order valence-corrected chi connectivity index (χ1v) is 6.80. The fraction of sp³-hybridized carbons (Fsp3) is 0.250. The van der Waals surface area contributed by atoms with Gasteiger partial charge >= 0.3 is 0 Å². The van der Waals surface area contributed by atoms with Crippen LogP contribution in [0, 0.1) is 13.8 Å². The Morgan fingerprint density at radius 3 is 2.55 bits per heavy atom. The number of nitrogens with one attached hydrogen (secondary N) is 1. The van der Waals surface area contributed by atoms with Gasteiger partial charge in [0, 0.05) is 17.1 Å². The number of hydrogen-bond acceptors (Lipinski definition) is 3. The number of H-pyrrole nitrogens is 1. The van der Waals surface area contributed by atoms with Gasteiger partial charge in [0.2, 0.25) is 0 Å². The Bertz CT molecular complexity index is 741. The normalized spacial score (nSPS) is 11.2. The molecule has 0 unspecified atom stereocenters. The molecule has 2 heterocycles. The number of fused-ring (bicyclic) bond motifs is 1. The van der Waals surface area contributed by atoms with E-state index in [1.165, 1.54) is 11.1 Å². The highest BCUT2D eigenvalue weighted by molar-refractivity contribution is 5.93. The average molecular weight is 266 g/mol. The largest absolute Gasteiger partial charge is 0.346 e. The highest BCUT2D eigenvalue weighted by Gasteiger charge is 2.13. The molecule has 3 rings (SSSR count). The number of nitrogens with two attached hydrogens (primary N) is 1. The van der Waals surface area contributed by atoms with E-state index >= 15 is 0 Å². The molecule has 102 valence electrons. The maximum absolute atomic E-state index is 5.69. The van der Waals surface area contributed by atoms with Crippen molar-refractivity contribution in [3.05, 3.63) is 47.4 Å². The second-order valence-electron chi connectivity index (χ2n) is 5.06. The van der Waals surface area contributed by atoms with Gasteiger partial charge in [-0.05, 0) is 32.4 Å². The fourth-order valence-electron chi connectivity index (χ4n) is 2.48. The van der Waals surface area contributed by atoms with E-state index in [-0.39, 0.29) is 0 Å². The summed E-state index contributed by atoms with van der Waals surface area (Å²) < 4.78 is 0. The maximum atomic E-state index is 5.69. The van der Waals surface area contributed by atoms with E-state index in [0.717, 1.165) is 34.5 Å². The molecule has 0 amide bonds. The predicted octanol–water partition coefficient (Wildman–Crippen LogP) is 2.74. The molecule has 4 heteroatoms. The van der Waals surface area contributed by atoms with Crippen molar-refractivity contribution in [2.45, 2.75) is 20.3 Å². The monoisotopic (exact) mass is 266 g/mol. The maximum Gasteiger partial charge on any atom is 0.141 e. The Morgan fingerprint density at radius 2 is 1.85 bits per heavy atom. The number of aromatic nitrogens is 3. The molecule has 20 heavy (non-hydrogen) atoms. The van der Waals surface area contributed by atoms with E-state index in [4.69, 9.17) is 5.73 Å². The summed E-state index contributed by atoms with van der Waals surface area (Å²) in [5, 5.41) is 1.09. The number of hydrogen-bond donors (Lipinski definition) is 2. The van der Waals surface area contributed by atoms with E-state index in [0.29, 0.717) is 6.54 Å². The zero-order valence-electron chi connectivity index (χ0n) is 11.8. The lowest BCUT2D eigenvalue weighted by molar-refractivity contribution is 0.976. The molecule has 0 aliphatic heterocycles. The van der Waals surface area contributed by atoms with E-state index in [2.05, 4.69) is 46.1 Å². The minimum Gasteiger partial charge on any atom is -0.346 e. The van der Waals surface area contributed by atoms with Gasteiger partial charge in [0.15, 0.2) is 0 Å². The second kappa shape index (κ2) is 5.06. The van der Waals surface area contributed by atoms with Gasteiger partial charge in [-0.15, -0.1) is 0 Å². The van der Waals surface area contributed by atoms with Crippen LogP contribution in [0.5, 0.6) is 0 Å². The van der Waals surface area contributed by atoms with Crippen molar-refractivity contribution < 1.29 is 0 Å². The molecule has 0 aliphatic carbocycles. The summed E-state index contributed by atoms with van der Waals surface area (Å²) in [6.45, 7) is 4.62. The van der Waals surface area contributed by atoms with E-state index < -0.39 is 0 Å². The Labute approximate surface area is 118 Å². The van der Waals surface area contributed by atoms with Gasteiger partial charge in [-0.3, -0.25) is 0 Å². The number of aromatic amines is 1. The van der Waals surface area contributed by atoms with Crippen LogP contribution in [-0.2, 0) is 6.42 Å². The SMILES string of the molecule is Cc1ccc(-c2nc(C)nc3[nH]cc(CCN)c23)cc1. The molecular formula is C16H18N4. The Kier molecular flexibility index (Phi) is 3.24. The summed E-state index contributed by atoms with van der Waals surface area (Å²) in [4.78, 5) is 12.3. The van der Waals surface area contributed by atoms with Crippen molar-refractivity contribution in [1.29, 1.82) is 0 Å². The zero-order valence-corrected chi connectivity index (χ0v) is 11.8. The minimum atomic E-state index is 0.619. The van der Waals surface area contributed by atoms with Crippen LogP contribution in [0.15, 0.2) is 30.5 Å². The van der Waals surface area contributed by atoms with Crippen LogP contribution in [0.1, 0.15) is 17.0 Å². The van der Waals surface area contributed by atoms with Crippen LogP contribution in [0.4, 0.5) is 0 Å². The molecule has 0 spiro atoms. The van der Waals surface area contributed by atoms with Crippen LogP contribution in [-0.4, -0.2) is 21.5 Å². The fourth-order valence-corrected chi connectivity index (χ4v) is 2.48. The van der Waals surface area contributed by atoms with Gasteiger partial charge in [0.05, 0.1) is 5.69 Å². The third-order valence-electron chi connectivity index (χ3n) is 3.46. The van der Waals surface area contributed by atoms with Gasteiger partial charge < -0.3 is 10.7 Å². The Balaban J connectivity index is 2.26. The van der Waals surface area contributed by atoms with Gasteiger partial charge in [-0.1, -0.05) is 29.8 Å².